The zero-order valence-corrected chi connectivity index (χ0v) is 34.4. The quantitative estimate of drug-likeness (QED) is 0.122. The number of carbonyl (C=O) groups is 3. The average Bonchev–Trinajstić information content (AvgIpc) is 2.78. The molecular formula is C16H35N2O4P13S. The number of aromatic carboxylic acids is 1. The summed E-state index contributed by atoms with van der Waals surface area (Å²) in [4.78, 5) is 36.6. The first kappa shape index (κ1) is 37.8. The number of ketones is 1. The van der Waals surface area contributed by atoms with Crippen molar-refractivity contribution in [1.82, 2.24) is 10.6 Å². The van der Waals surface area contributed by atoms with Crippen LogP contribution in [0.3, 0.4) is 0 Å². The van der Waals surface area contributed by atoms with Crippen LogP contribution in [0.25, 0.3) is 0 Å². The second-order valence-corrected chi connectivity index (χ2v) is 60.7. The van der Waals surface area contributed by atoms with Gasteiger partial charge in [0.2, 0.25) is 0 Å². The zero-order valence-electron chi connectivity index (χ0n) is 20.2. The molecule has 1 aromatic rings. The summed E-state index contributed by atoms with van der Waals surface area (Å²) in [6.45, 7) is 3.41. The number of amides is 1. The van der Waals surface area contributed by atoms with E-state index in [1.54, 1.807) is 0 Å². The van der Waals surface area contributed by atoms with Crippen molar-refractivity contribution in [3.8, 4) is 0 Å². The lowest BCUT2D eigenvalue weighted by atomic mass is 9.92. The van der Waals surface area contributed by atoms with E-state index < -0.39 is 11.9 Å². The van der Waals surface area contributed by atoms with Gasteiger partial charge in [0, 0.05) is 43.3 Å². The molecule has 204 valence electrons. The smallest absolute Gasteiger partial charge is 0.336 e. The van der Waals surface area contributed by atoms with Gasteiger partial charge in [-0.2, -0.15) is 0 Å². The Morgan fingerprint density at radius 2 is 1.56 bits per heavy atom. The molecule has 6 nitrogen and oxygen atoms in total. The van der Waals surface area contributed by atoms with E-state index in [0.29, 0.717) is 18.7 Å². The maximum Gasteiger partial charge on any atom is 0.336 e. The molecule has 0 spiro atoms. The zero-order chi connectivity index (χ0) is 27.8. The Balaban J connectivity index is 3.15. The van der Waals surface area contributed by atoms with Gasteiger partial charge in [0.15, 0.2) is 5.78 Å². The third-order valence-electron chi connectivity index (χ3n) is 4.69. The fourth-order valence-electron chi connectivity index (χ4n) is 2.91. The normalized spacial score (nSPS) is 15.3. The lowest BCUT2D eigenvalue weighted by Gasteiger charge is -2.39. The molecule has 0 aromatic heterocycles. The predicted molar refractivity (Wildman–Crippen MR) is 200 cm³/mol. The molecule has 0 fully saturated rings. The fraction of sp³-hybridized carbons (Fsp3) is 0.438. The van der Waals surface area contributed by atoms with Crippen molar-refractivity contribution in [1.29, 1.82) is 0 Å². The van der Waals surface area contributed by atoms with Gasteiger partial charge in [-0.25, -0.2) is 4.79 Å². The summed E-state index contributed by atoms with van der Waals surface area (Å²) in [6, 6.07) is 4.14. The number of carboxylic acids is 1. The Kier molecular flexibility index (Phi) is 19.3. The maximum atomic E-state index is 13.1. The third kappa shape index (κ3) is 12.1. The largest absolute Gasteiger partial charge is 0.478 e. The van der Waals surface area contributed by atoms with E-state index in [-0.39, 0.29) is 63.8 Å². The first-order chi connectivity index (χ1) is 16.6. The van der Waals surface area contributed by atoms with Crippen LogP contribution in [-0.4, -0.2) is 48.7 Å². The Labute approximate surface area is 241 Å². The van der Waals surface area contributed by atoms with Crippen LogP contribution in [0.1, 0.15) is 44.9 Å². The summed E-state index contributed by atoms with van der Waals surface area (Å²) in [6.07, 6.45) is 0. The molecule has 10 atom stereocenters. The van der Waals surface area contributed by atoms with Crippen LogP contribution >= 0.6 is 115 Å². The Morgan fingerprint density at radius 3 is 2.00 bits per heavy atom. The van der Waals surface area contributed by atoms with Gasteiger partial charge in [-0.15, -0.1) is 73.9 Å². The molecule has 20 heteroatoms. The standard InChI is InChI=1S/C16H35N2O4P13S/c1-10(19)11-4-5-12(15(21)22)13(6-11)14(20)18-8-16(2,7-17-3)9-36-35(33(29)30(23)24)34(31(25)26)32(27)28/h4-6,17H,7-9,23-29H2,1-3H3,(H,18,20)(H,21,22). The van der Waals surface area contributed by atoms with Gasteiger partial charge in [-0.3, -0.25) is 9.59 Å². The highest BCUT2D eigenvalue weighted by atomic mass is 33.4. The molecule has 0 aliphatic rings. The summed E-state index contributed by atoms with van der Waals surface area (Å²) in [5, 5.41) is 15.8. The predicted octanol–water partition coefficient (Wildman–Crippen LogP) is 9.19. The SMILES string of the molecule is CNCC(C)(CNC(=O)c1cc(C(C)=O)ccc1C(=O)O)CSP(P(P)P(P)P)P(P(P)P)P(P)P. The molecule has 0 heterocycles. The molecule has 1 amide bonds. The molecule has 0 aliphatic heterocycles. The molecule has 0 aliphatic carbocycles. The first-order valence-corrected chi connectivity index (χ1v) is 34.6. The van der Waals surface area contributed by atoms with E-state index in [4.69, 9.17) is 0 Å². The molecule has 1 rings (SSSR count). The van der Waals surface area contributed by atoms with Crippen LogP contribution in [-0.2, 0) is 0 Å². The van der Waals surface area contributed by atoms with Crippen LogP contribution < -0.4 is 10.6 Å². The van der Waals surface area contributed by atoms with Crippen molar-refractivity contribution in [3.63, 3.8) is 0 Å². The number of nitrogens with one attached hydrogen (secondary N) is 2. The topological polar surface area (TPSA) is 95.5 Å². The van der Waals surface area contributed by atoms with Crippen LogP contribution in [0.2, 0.25) is 0 Å². The summed E-state index contributed by atoms with van der Waals surface area (Å²) >= 11 is 2.07. The molecule has 3 N–H and O–H groups in total. The lowest BCUT2D eigenvalue weighted by Crippen LogP contribution is -2.43. The lowest BCUT2D eigenvalue weighted by molar-refractivity contribution is 0.0690. The van der Waals surface area contributed by atoms with E-state index >= 15 is 0 Å². The summed E-state index contributed by atoms with van der Waals surface area (Å²) < 4.78 is 0. The van der Waals surface area contributed by atoms with E-state index in [0.717, 1.165) is 5.75 Å². The monoisotopic (exact) mass is 754 g/mol. The van der Waals surface area contributed by atoms with Crippen molar-refractivity contribution >= 4 is 133 Å². The maximum absolute atomic E-state index is 13.1. The van der Waals surface area contributed by atoms with Gasteiger partial charge in [-0.05, 0) is 54.1 Å². The Hall–Kier alpha value is 3.73. The highest BCUT2D eigenvalue weighted by Crippen LogP contribution is 3.19. The first-order valence-electron chi connectivity index (χ1n) is 10.1. The molecule has 0 bridgehead atoms. The molecule has 0 saturated heterocycles. The van der Waals surface area contributed by atoms with Gasteiger partial charge < -0.3 is 15.7 Å². The minimum absolute atomic E-state index is 0.0129. The number of carbonyl (C=O) groups excluding carboxylic acids is 2. The van der Waals surface area contributed by atoms with Gasteiger partial charge >= 0.3 is 5.97 Å². The van der Waals surface area contributed by atoms with E-state index in [1.165, 1.54) is 25.1 Å². The number of hydrogen-bond acceptors (Lipinski definition) is 5. The summed E-state index contributed by atoms with van der Waals surface area (Å²) in [5.41, 5.74) is -0.0178. The van der Waals surface area contributed by atoms with Gasteiger partial charge in [0.1, 0.15) is 0 Å². The number of carboxylic acid groups (broad SMARTS) is 1. The Bertz CT molecular complexity index is 920. The van der Waals surface area contributed by atoms with Crippen molar-refractivity contribution < 1.29 is 19.5 Å². The molecule has 1 aromatic carbocycles. The second-order valence-electron chi connectivity index (χ2n) is 7.90. The fourth-order valence-corrected chi connectivity index (χ4v) is 128. The summed E-state index contributed by atoms with van der Waals surface area (Å²) in [5.74, 6) is -1.01. The second kappa shape index (κ2) is 18.4. The van der Waals surface area contributed by atoms with Crippen LogP contribution in [0.4, 0.5) is 0 Å². The molecule has 0 radical (unpaired) electrons. The van der Waals surface area contributed by atoms with Crippen LogP contribution in [0, 0.1) is 5.41 Å². The van der Waals surface area contributed by atoms with Crippen molar-refractivity contribution in [2.24, 2.45) is 5.41 Å². The highest BCUT2D eigenvalue weighted by Gasteiger charge is 2.36. The van der Waals surface area contributed by atoms with Gasteiger partial charge in [0.25, 0.3) is 5.91 Å². The third-order valence-corrected chi connectivity index (χ3v) is 87.1. The van der Waals surface area contributed by atoms with Crippen LogP contribution in [0.5, 0.6) is 0 Å². The number of Topliss-reactive ketones (excluding diaryl/α,β-unsaturated/α-hetero) is 1. The van der Waals surface area contributed by atoms with Gasteiger partial charge in [-0.1, -0.05) is 13.0 Å². The van der Waals surface area contributed by atoms with Crippen molar-refractivity contribution in [3.05, 3.63) is 34.9 Å². The minimum atomic E-state index is -1.19. The van der Waals surface area contributed by atoms with Crippen molar-refractivity contribution in [2.45, 2.75) is 13.8 Å². The minimum Gasteiger partial charge on any atom is -0.478 e. The van der Waals surface area contributed by atoms with E-state index in [1.807, 2.05) is 7.05 Å². The van der Waals surface area contributed by atoms with Gasteiger partial charge in [0.05, 0.1) is 11.1 Å². The number of hydrogen-bond donors (Lipinski definition) is 3. The molecule has 10 unspecified atom stereocenters. The summed E-state index contributed by atoms with van der Waals surface area (Å²) in [7, 11) is 23.3. The number of benzene rings is 1. The molecular weight excluding hydrogens is 719 g/mol. The number of rotatable bonds is 15. The molecule has 36 heavy (non-hydrogen) atoms. The van der Waals surface area contributed by atoms with E-state index in [9.17, 15) is 19.5 Å². The van der Waals surface area contributed by atoms with E-state index in [2.05, 4.69) is 91.4 Å². The van der Waals surface area contributed by atoms with Crippen LogP contribution in [0.15, 0.2) is 18.2 Å². The Morgan fingerprint density at radius 1 is 0.972 bits per heavy atom. The highest BCUT2D eigenvalue weighted by molar-refractivity contribution is 9.30. The molecule has 0 saturated carbocycles. The average molecular weight is 754 g/mol. The van der Waals surface area contributed by atoms with Crippen molar-refractivity contribution in [2.75, 3.05) is 25.9 Å².